The lowest BCUT2D eigenvalue weighted by molar-refractivity contribution is -0.140. The number of unbranched alkanes of at least 4 members (excludes halogenated alkanes) is 1. The highest BCUT2D eigenvalue weighted by Gasteiger charge is 2.27. The number of benzene rings is 2. The van der Waals surface area contributed by atoms with Gasteiger partial charge in [-0.2, -0.15) is 0 Å². The van der Waals surface area contributed by atoms with Crippen molar-refractivity contribution in [3.8, 4) is 0 Å². The summed E-state index contributed by atoms with van der Waals surface area (Å²) in [7, 11) is 0. The van der Waals surface area contributed by atoms with Crippen molar-refractivity contribution in [2.24, 2.45) is 0 Å². The summed E-state index contributed by atoms with van der Waals surface area (Å²) in [4.78, 5) is 27.5. The van der Waals surface area contributed by atoms with E-state index in [0.29, 0.717) is 28.7 Å². The summed E-state index contributed by atoms with van der Waals surface area (Å²) in [5.41, 5.74) is 2.65. The Morgan fingerprint density at radius 3 is 2.34 bits per heavy atom. The minimum Gasteiger partial charge on any atom is -0.354 e. The van der Waals surface area contributed by atoms with Crippen molar-refractivity contribution >= 4 is 35.0 Å². The van der Waals surface area contributed by atoms with Gasteiger partial charge in [-0.15, -0.1) is 0 Å². The van der Waals surface area contributed by atoms with Crippen LogP contribution in [0.15, 0.2) is 42.5 Å². The first-order valence-electron chi connectivity index (χ1n) is 9.89. The van der Waals surface area contributed by atoms with E-state index >= 15 is 0 Å². The summed E-state index contributed by atoms with van der Waals surface area (Å²) in [6.45, 7) is 6.76. The van der Waals surface area contributed by atoms with Gasteiger partial charge in [-0.25, -0.2) is 0 Å². The van der Waals surface area contributed by atoms with Crippen LogP contribution in [0.3, 0.4) is 0 Å². The van der Waals surface area contributed by atoms with Gasteiger partial charge in [0.2, 0.25) is 11.8 Å². The summed E-state index contributed by atoms with van der Waals surface area (Å²) >= 11 is 12.5. The van der Waals surface area contributed by atoms with E-state index in [4.69, 9.17) is 23.2 Å². The molecule has 0 saturated heterocycles. The third-order valence-electron chi connectivity index (χ3n) is 4.99. The Bertz CT molecular complexity index is 834. The van der Waals surface area contributed by atoms with Gasteiger partial charge in [-0.05, 0) is 49.1 Å². The van der Waals surface area contributed by atoms with E-state index < -0.39 is 6.04 Å². The number of carbonyl (C=O) groups is 2. The molecular formula is C23H28Cl2N2O2. The molecule has 2 aromatic rings. The van der Waals surface area contributed by atoms with Crippen LogP contribution < -0.4 is 5.32 Å². The molecule has 0 radical (unpaired) electrons. The van der Waals surface area contributed by atoms with Crippen molar-refractivity contribution < 1.29 is 9.59 Å². The molecule has 0 aliphatic heterocycles. The van der Waals surface area contributed by atoms with Crippen molar-refractivity contribution in [3.05, 3.63) is 69.2 Å². The molecule has 0 spiro atoms. The van der Waals surface area contributed by atoms with Gasteiger partial charge in [0.05, 0.1) is 6.42 Å². The Kier molecular flexibility index (Phi) is 8.99. The highest BCUT2D eigenvalue weighted by Crippen LogP contribution is 2.26. The Labute approximate surface area is 183 Å². The van der Waals surface area contributed by atoms with Crippen LogP contribution in [0.25, 0.3) is 0 Å². The van der Waals surface area contributed by atoms with Crippen LogP contribution in [0.5, 0.6) is 0 Å². The molecule has 0 bridgehead atoms. The first kappa shape index (κ1) is 23.2. The van der Waals surface area contributed by atoms with Gasteiger partial charge in [0, 0.05) is 23.1 Å². The predicted octanol–water partition coefficient (Wildman–Crippen LogP) is 5.18. The molecule has 0 saturated carbocycles. The Morgan fingerprint density at radius 2 is 1.72 bits per heavy atom. The molecule has 1 unspecified atom stereocenters. The lowest BCUT2D eigenvalue weighted by Crippen LogP contribution is -2.48. The minimum absolute atomic E-state index is 0.0387. The van der Waals surface area contributed by atoms with Gasteiger partial charge < -0.3 is 10.2 Å². The maximum Gasteiger partial charge on any atom is 0.242 e. The molecule has 2 rings (SSSR count). The number of nitrogens with one attached hydrogen (secondary N) is 1. The molecular weight excluding hydrogens is 407 g/mol. The molecule has 2 aromatic carbocycles. The van der Waals surface area contributed by atoms with Crippen LogP contribution in [-0.2, 0) is 22.6 Å². The molecule has 29 heavy (non-hydrogen) atoms. The fourth-order valence-corrected chi connectivity index (χ4v) is 3.57. The van der Waals surface area contributed by atoms with Crippen molar-refractivity contribution in [3.63, 3.8) is 0 Å². The lowest BCUT2D eigenvalue weighted by atomic mass is 10.1. The van der Waals surface area contributed by atoms with Crippen LogP contribution in [0.1, 0.15) is 43.4 Å². The van der Waals surface area contributed by atoms with Gasteiger partial charge in [-0.1, -0.05) is 66.9 Å². The monoisotopic (exact) mass is 434 g/mol. The standard InChI is InChI=1S/C23H28Cl2N2O2/c1-4-5-13-26-23(29)17(3)27(15-18-10-7-6-9-16(18)2)22(28)14-19-20(24)11-8-12-21(19)25/h6-12,17H,4-5,13-15H2,1-3H3,(H,26,29). The van der Waals surface area contributed by atoms with Gasteiger partial charge in [0.1, 0.15) is 6.04 Å². The highest BCUT2D eigenvalue weighted by atomic mass is 35.5. The number of halogens is 2. The largest absolute Gasteiger partial charge is 0.354 e. The predicted molar refractivity (Wildman–Crippen MR) is 119 cm³/mol. The SMILES string of the molecule is CCCCNC(=O)C(C)N(Cc1ccccc1C)C(=O)Cc1c(Cl)cccc1Cl. The highest BCUT2D eigenvalue weighted by molar-refractivity contribution is 6.36. The molecule has 1 atom stereocenters. The van der Waals surface area contributed by atoms with E-state index in [1.807, 2.05) is 31.2 Å². The number of aryl methyl sites for hydroxylation is 1. The summed E-state index contributed by atoms with van der Waals surface area (Å²) < 4.78 is 0. The molecule has 1 N–H and O–H groups in total. The van der Waals surface area contributed by atoms with Crippen molar-refractivity contribution in [2.75, 3.05) is 6.54 Å². The zero-order valence-corrected chi connectivity index (χ0v) is 18.7. The molecule has 0 heterocycles. The number of nitrogens with zero attached hydrogens (tertiary/aromatic N) is 1. The van der Waals surface area contributed by atoms with Crippen molar-refractivity contribution in [1.29, 1.82) is 0 Å². The topological polar surface area (TPSA) is 49.4 Å². The van der Waals surface area contributed by atoms with Crippen LogP contribution in [0.2, 0.25) is 10.0 Å². The fraction of sp³-hybridized carbons (Fsp3) is 0.391. The van der Waals surface area contributed by atoms with Crippen LogP contribution >= 0.6 is 23.2 Å². The second kappa shape index (κ2) is 11.2. The number of carbonyl (C=O) groups excluding carboxylic acids is 2. The van der Waals surface area contributed by atoms with Crippen LogP contribution in [0.4, 0.5) is 0 Å². The van der Waals surface area contributed by atoms with E-state index in [1.165, 1.54) is 0 Å². The van der Waals surface area contributed by atoms with E-state index in [0.717, 1.165) is 24.0 Å². The van der Waals surface area contributed by atoms with E-state index in [-0.39, 0.29) is 18.2 Å². The fourth-order valence-electron chi connectivity index (χ4n) is 3.04. The van der Waals surface area contributed by atoms with Crippen molar-refractivity contribution in [2.45, 2.75) is 52.6 Å². The van der Waals surface area contributed by atoms with Gasteiger partial charge in [0.15, 0.2) is 0 Å². The third-order valence-corrected chi connectivity index (χ3v) is 5.70. The number of hydrogen-bond acceptors (Lipinski definition) is 2. The van der Waals surface area contributed by atoms with Crippen LogP contribution in [0, 0.1) is 6.92 Å². The molecule has 6 heteroatoms. The Morgan fingerprint density at radius 1 is 1.07 bits per heavy atom. The molecule has 4 nitrogen and oxygen atoms in total. The molecule has 2 amide bonds. The van der Waals surface area contributed by atoms with Gasteiger partial charge in [-0.3, -0.25) is 9.59 Å². The number of hydrogen-bond donors (Lipinski definition) is 1. The number of rotatable bonds is 9. The smallest absolute Gasteiger partial charge is 0.242 e. The van der Waals surface area contributed by atoms with E-state index in [9.17, 15) is 9.59 Å². The Balaban J connectivity index is 2.26. The van der Waals surface area contributed by atoms with Gasteiger partial charge in [0.25, 0.3) is 0 Å². The minimum atomic E-state index is -0.611. The zero-order valence-electron chi connectivity index (χ0n) is 17.2. The first-order chi connectivity index (χ1) is 13.8. The molecule has 0 aliphatic carbocycles. The quantitative estimate of drug-likeness (QED) is 0.552. The molecule has 156 valence electrons. The second-order valence-corrected chi connectivity index (χ2v) is 7.96. The summed E-state index contributed by atoms with van der Waals surface area (Å²) in [5.74, 6) is -0.355. The maximum absolute atomic E-state index is 13.2. The first-order valence-corrected chi connectivity index (χ1v) is 10.6. The summed E-state index contributed by atoms with van der Waals surface area (Å²) in [5, 5.41) is 3.81. The Hall–Kier alpha value is -2.04. The third kappa shape index (κ3) is 6.48. The van der Waals surface area contributed by atoms with E-state index in [2.05, 4.69) is 12.2 Å². The van der Waals surface area contributed by atoms with Crippen molar-refractivity contribution in [1.82, 2.24) is 10.2 Å². The van der Waals surface area contributed by atoms with E-state index in [1.54, 1.807) is 30.0 Å². The number of amides is 2. The molecule has 0 aromatic heterocycles. The second-order valence-electron chi connectivity index (χ2n) is 7.15. The average Bonchev–Trinajstić information content (AvgIpc) is 2.69. The molecule has 0 fully saturated rings. The van der Waals surface area contributed by atoms with Gasteiger partial charge >= 0.3 is 0 Å². The van der Waals surface area contributed by atoms with Crippen LogP contribution in [-0.4, -0.2) is 29.3 Å². The summed E-state index contributed by atoms with van der Waals surface area (Å²) in [6, 6.07) is 12.4. The molecule has 0 aliphatic rings. The normalized spacial score (nSPS) is 11.8. The lowest BCUT2D eigenvalue weighted by Gasteiger charge is -2.29. The summed E-state index contributed by atoms with van der Waals surface area (Å²) in [6.07, 6.45) is 1.93. The zero-order chi connectivity index (χ0) is 21.4. The average molecular weight is 435 g/mol. The maximum atomic E-state index is 13.2.